The van der Waals surface area contributed by atoms with E-state index in [1.165, 1.54) is 11.1 Å². The number of ether oxygens (including phenoxy) is 2. The summed E-state index contributed by atoms with van der Waals surface area (Å²) in [5.74, 6) is 0. The third kappa shape index (κ3) is 3.16. The molecule has 3 rings (SSSR count). The summed E-state index contributed by atoms with van der Waals surface area (Å²) in [5.41, 5.74) is 3.09. The standard InChI is InChI=1S/C18H20O3/c1-18(11-19)12-20-17(21-13-18)16-9-7-15(8-10-16)14-5-3-2-4-6-14/h2-10,17,19H,11-13H2,1H3. The predicted molar refractivity (Wildman–Crippen MR) is 81.7 cm³/mol. The molecule has 0 radical (unpaired) electrons. The molecule has 3 nitrogen and oxygen atoms in total. The monoisotopic (exact) mass is 284 g/mol. The van der Waals surface area contributed by atoms with Gasteiger partial charge in [-0.15, -0.1) is 0 Å². The lowest BCUT2D eigenvalue weighted by molar-refractivity contribution is -0.236. The van der Waals surface area contributed by atoms with E-state index in [-0.39, 0.29) is 18.3 Å². The van der Waals surface area contributed by atoms with Crippen LogP contribution in [0.1, 0.15) is 18.8 Å². The molecule has 0 atom stereocenters. The first-order valence-electron chi connectivity index (χ1n) is 7.20. The smallest absolute Gasteiger partial charge is 0.183 e. The molecule has 21 heavy (non-hydrogen) atoms. The Kier molecular flexibility index (Phi) is 4.06. The Labute approximate surface area is 125 Å². The number of rotatable bonds is 3. The van der Waals surface area contributed by atoms with Crippen LogP contribution < -0.4 is 0 Å². The molecule has 0 bridgehead atoms. The van der Waals surface area contributed by atoms with Crippen LogP contribution in [0.4, 0.5) is 0 Å². The summed E-state index contributed by atoms with van der Waals surface area (Å²) in [4.78, 5) is 0. The average Bonchev–Trinajstić information content (AvgIpc) is 2.57. The van der Waals surface area contributed by atoms with Gasteiger partial charge in [-0.05, 0) is 11.1 Å². The molecular formula is C18H20O3. The van der Waals surface area contributed by atoms with E-state index in [4.69, 9.17) is 9.47 Å². The zero-order chi connectivity index (χ0) is 14.7. The van der Waals surface area contributed by atoms with E-state index < -0.39 is 0 Å². The van der Waals surface area contributed by atoms with Crippen LogP contribution in [-0.2, 0) is 9.47 Å². The van der Waals surface area contributed by atoms with Crippen molar-refractivity contribution < 1.29 is 14.6 Å². The maximum absolute atomic E-state index is 9.31. The van der Waals surface area contributed by atoms with Crippen molar-refractivity contribution in [2.75, 3.05) is 19.8 Å². The van der Waals surface area contributed by atoms with Crippen LogP contribution in [0.5, 0.6) is 0 Å². The van der Waals surface area contributed by atoms with Gasteiger partial charge in [0.2, 0.25) is 0 Å². The third-order valence-electron chi connectivity index (χ3n) is 3.84. The van der Waals surface area contributed by atoms with Crippen molar-refractivity contribution >= 4 is 0 Å². The van der Waals surface area contributed by atoms with Crippen LogP contribution in [0.3, 0.4) is 0 Å². The molecular weight excluding hydrogens is 264 g/mol. The van der Waals surface area contributed by atoms with Gasteiger partial charge in [0.1, 0.15) is 0 Å². The summed E-state index contributed by atoms with van der Waals surface area (Å²) >= 11 is 0. The van der Waals surface area contributed by atoms with Gasteiger partial charge >= 0.3 is 0 Å². The van der Waals surface area contributed by atoms with Gasteiger partial charge in [-0.3, -0.25) is 0 Å². The van der Waals surface area contributed by atoms with Gasteiger partial charge in [0.25, 0.3) is 0 Å². The van der Waals surface area contributed by atoms with Crippen LogP contribution in [0.25, 0.3) is 11.1 Å². The molecule has 0 aliphatic carbocycles. The minimum atomic E-state index is -0.338. The topological polar surface area (TPSA) is 38.7 Å². The number of aliphatic hydroxyl groups is 1. The summed E-state index contributed by atoms with van der Waals surface area (Å²) in [6.07, 6.45) is -0.338. The lowest BCUT2D eigenvalue weighted by Crippen LogP contribution is -2.39. The molecule has 0 amide bonds. The van der Waals surface area contributed by atoms with E-state index in [9.17, 15) is 5.11 Å². The van der Waals surface area contributed by atoms with Crippen LogP contribution in [0.15, 0.2) is 54.6 Å². The van der Waals surface area contributed by atoms with Crippen molar-refractivity contribution in [3.63, 3.8) is 0 Å². The normalized spacial score (nSPS) is 25.7. The second kappa shape index (κ2) is 5.98. The van der Waals surface area contributed by atoms with E-state index in [1.54, 1.807) is 0 Å². The van der Waals surface area contributed by atoms with E-state index in [0.29, 0.717) is 13.2 Å². The van der Waals surface area contributed by atoms with Crippen LogP contribution in [0.2, 0.25) is 0 Å². The Hall–Kier alpha value is -1.68. The first kappa shape index (κ1) is 14.3. The van der Waals surface area contributed by atoms with Gasteiger partial charge in [-0.25, -0.2) is 0 Å². The van der Waals surface area contributed by atoms with E-state index in [0.717, 1.165) is 5.56 Å². The molecule has 1 N–H and O–H groups in total. The number of hydrogen-bond acceptors (Lipinski definition) is 3. The Bertz CT molecular complexity index is 569. The Morgan fingerprint density at radius 2 is 1.52 bits per heavy atom. The first-order valence-corrected chi connectivity index (χ1v) is 7.20. The highest BCUT2D eigenvalue weighted by molar-refractivity contribution is 5.63. The van der Waals surface area contributed by atoms with Crippen LogP contribution >= 0.6 is 0 Å². The van der Waals surface area contributed by atoms with Gasteiger partial charge < -0.3 is 14.6 Å². The fourth-order valence-electron chi connectivity index (χ4n) is 2.39. The number of aliphatic hydroxyl groups excluding tert-OH is 1. The third-order valence-corrected chi connectivity index (χ3v) is 3.84. The summed E-state index contributed by atoms with van der Waals surface area (Å²) in [7, 11) is 0. The zero-order valence-corrected chi connectivity index (χ0v) is 12.2. The van der Waals surface area contributed by atoms with Crippen molar-refractivity contribution in [2.45, 2.75) is 13.2 Å². The molecule has 2 aromatic carbocycles. The van der Waals surface area contributed by atoms with Crippen molar-refractivity contribution in [1.82, 2.24) is 0 Å². The fraction of sp³-hybridized carbons (Fsp3) is 0.333. The van der Waals surface area contributed by atoms with Crippen molar-refractivity contribution in [1.29, 1.82) is 0 Å². The summed E-state index contributed by atoms with van der Waals surface area (Å²) < 4.78 is 11.5. The highest BCUT2D eigenvalue weighted by atomic mass is 16.7. The maximum Gasteiger partial charge on any atom is 0.183 e. The lowest BCUT2D eigenvalue weighted by Gasteiger charge is -2.36. The van der Waals surface area contributed by atoms with Crippen molar-refractivity contribution in [2.24, 2.45) is 5.41 Å². The molecule has 110 valence electrons. The summed E-state index contributed by atoms with van der Waals surface area (Å²) in [5, 5.41) is 9.31. The molecule has 1 fully saturated rings. The average molecular weight is 284 g/mol. The molecule has 2 aromatic rings. The quantitative estimate of drug-likeness (QED) is 0.939. The van der Waals surface area contributed by atoms with Gasteiger partial charge in [0, 0.05) is 11.0 Å². The van der Waals surface area contributed by atoms with E-state index in [1.807, 2.05) is 37.3 Å². The SMILES string of the molecule is CC1(CO)COC(c2ccc(-c3ccccc3)cc2)OC1. The van der Waals surface area contributed by atoms with Gasteiger partial charge in [0.15, 0.2) is 6.29 Å². The molecule has 1 aliphatic heterocycles. The Morgan fingerprint density at radius 1 is 0.952 bits per heavy atom. The number of benzene rings is 2. The second-order valence-electron chi connectivity index (χ2n) is 5.91. The van der Waals surface area contributed by atoms with Gasteiger partial charge in [-0.1, -0.05) is 61.5 Å². The van der Waals surface area contributed by atoms with Gasteiger partial charge in [-0.2, -0.15) is 0 Å². The summed E-state index contributed by atoms with van der Waals surface area (Å²) in [6.45, 7) is 3.05. The fourth-order valence-corrected chi connectivity index (χ4v) is 2.39. The zero-order valence-electron chi connectivity index (χ0n) is 12.2. The van der Waals surface area contributed by atoms with E-state index in [2.05, 4.69) is 24.3 Å². The molecule has 0 saturated carbocycles. The van der Waals surface area contributed by atoms with Gasteiger partial charge in [0.05, 0.1) is 19.8 Å². The first-order chi connectivity index (χ1) is 10.2. The number of hydrogen-bond donors (Lipinski definition) is 1. The molecule has 1 aliphatic rings. The molecule has 0 spiro atoms. The minimum Gasteiger partial charge on any atom is -0.396 e. The van der Waals surface area contributed by atoms with Crippen LogP contribution in [0, 0.1) is 5.41 Å². The summed E-state index contributed by atoms with van der Waals surface area (Å²) in [6, 6.07) is 18.5. The molecule has 1 heterocycles. The minimum absolute atomic E-state index is 0.0761. The maximum atomic E-state index is 9.31. The molecule has 1 saturated heterocycles. The molecule has 3 heteroatoms. The van der Waals surface area contributed by atoms with Crippen molar-refractivity contribution in [3.8, 4) is 11.1 Å². The predicted octanol–water partition coefficient (Wildman–Crippen LogP) is 3.40. The lowest BCUT2D eigenvalue weighted by atomic mass is 9.93. The van der Waals surface area contributed by atoms with Crippen LogP contribution in [-0.4, -0.2) is 24.9 Å². The Balaban J connectivity index is 1.71. The molecule has 0 aromatic heterocycles. The molecule has 0 unspecified atom stereocenters. The Morgan fingerprint density at radius 3 is 2.10 bits per heavy atom. The highest BCUT2D eigenvalue weighted by Crippen LogP contribution is 2.32. The largest absolute Gasteiger partial charge is 0.396 e. The van der Waals surface area contributed by atoms with Crippen molar-refractivity contribution in [3.05, 3.63) is 60.2 Å². The highest BCUT2D eigenvalue weighted by Gasteiger charge is 2.32. The van der Waals surface area contributed by atoms with E-state index >= 15 is 0 Å². The second-order valence-corrected chi connectivity index (χ2v) is 5.91.